The number of ether oxygens (including phenoxy) is 1. The largest absolute Gasteiger partial charge is 0.457 e. The van der Waals surface area contributed by atoms with Crippen LogP contribution in [0, 0.1) is 11.8 Å². The molecule has 1 heterocycles. The zero-order valence-electron chi connectivity index (χ0n) is 23.2. The van der Waals surface area contributed by atoms with Gasteiger partial charge < -0.3 is 15.4 Å². The highest BCUT2D eigenvalue weighted by molar-refractivity contribution is 5.89. The van der Waals surface area contributed by atoms with E-state index < -0.39 is 17.7 Å². The van der Waals surface area contributed by atoms with Crippen molar-refractivity contribution < 1.29 is 27.5 Å². The second-order valence-electron chi connectivity index (χ2n) is 10.7. The molecule has 0 unspecified atom stereocenters. The molecule has 0 aliphatic heterocycles. The first-order valence-electron chi connectivity index (χ1n) is 13.9. The third-order valence-electron chi connectivity index (χ3n) is 7.18. The number of aryl methyl sites for hydroxylation is 1. The maximum atomic E-state index is 13.7. The van der Waals surface area contributed by atoms with Crippen molar-refractivity contribution >= 4 is 23.5 Å². The second-order valence-corrected chi connectivity index (χ2v) is 10.7. The van der Waals surface area contributed by atoms with E-state index in [2.05, 4.69) is 20.6 Å². The van der Waals surface area contributed by atoms with Gasteiger partial charge >= 0.3 is 12.1 Å². The number of anilines is 2. The van der Waals surface area contributed by atoms with Crippen molar-refractivity contribution in [2.75, 3.05) is 5.32 Å². The molecule has 1 saturated carbocycles. The Morgan fingerprint density at radius 3 is 2.46 bits per heavy atom. The standard InChI is InChI=1S/C31H35F3N4O3/c1-20(2)36-28(39)25-12-6-10-22(25)11-7-13-27-26(31(32,33)34)18-35-30(38-27)37-24-16-14-23(15-17-24)29(40)41-19-21-8-4-3-5-9-21/h3-5,8-9,14-18,20,22,25H,6-7,10-13,19H2,1-2H3,(H,36,39)(H,35,37,38)/t22-,25-/m0/s1. The summed E-state index contributed by atoms with van der Waals surface area (Å²) in [4.78, 5) is 33.0. The number of benzene rings is 2. The van der Waals surface area contributed by atoms with Gasteiger partial charge in [0.2, 0.25) is 11.9 Å². The fourth-order valence-corrected chi connectivity index (χ4v) is 5.18. The maximum absolute atomic E-state index is 13.7. The molecule has 0 saturated heterocycles. The molecule has 2 aromatic carbocycles. The van der Waals surface area contributed by atoms with Gasteiger partial charge in [0.1, 0.15) is 6.61 Å². The van der Waals surface area contributed by atoms with E-state index in [9.17, 15) is 22.8 Å². The lowest BCUT2D eigenvalue weighted by Crippen LogP contribution is -2.37. The molecule has 1 aliphatic rings. The van der Waals surface area contributed by atoms with E-state index in [0.717, 1.165) is 31.0 Å². The number of halogens is 3. The lowest BCUT2D eigenvalue weighted by atomic mass is 9.89. The topological polar surface area (TPSA) is 93.2 Å². The van der Waals surface area contributed by atoms with Crippen LogP contribution < -0.4 is 10.6 Å². The van der Waals surface area contributed by atoms with E-state index in [1.165, 1.54) is 0 Å². The summed E-state index contributed by atoms with van der Waals surface area (Å²) in [6, 6.07) is 15.7. The van der Waals surface area contributed by atoms with Crippen LogP contribution in [0.4, 0.5) is 24.8 Å². The molecule has 218 valence electrons. The van der Waals surface area contributed by atoms with Gasteiger partial charge in [0.25, 0.3) is 0 Å². The summed E-state index contributed by atoms with van der Waals surface area (Å²) in [6.45, 7) is 3.97. The lowest BCUT2D eigenvalue weighted by Gasteiger charge is -2.21. The van der Waals surface area contributed by atoms with Crippen molar-refractivity contribution in [3.63, 3.8) is 0 Å². The Bertz CT molecular complexity index is 1310. The molecule has 1 aromatic heterocycles. The molecule has 3 aromatic rings. The minimum absolute atomic E-state index is 0.0301. The number of hydrogen-bond acceptors (Lipinski definition) is 6. The first kappa shape index (κ1) is 30.0. The van der Waals surface area contributed by atoms with Gasteiger partial charge in [0, 0.05) is 23.8 Å². The van der Waals surface area contributed by atoms with Gasteiger partial charge in [-0.3, -0.25) is 4.79 Å². The second kappa shape index (κ2) is 13.6. The predicted molar refractivity (Wildman–Crippen MR) is 149 cm³/mol. The van der Waals surface area contributed by atoms with Crippen molar-refractivity contribution in [1.29, 1.82) is 0 Å². The molecule has 0 spiro atoms. The van der Waals surface area contributed by atoms with Crippen LogP contribution in [-0.4, -0.2) is 27.9 Å². The van der Waals surface area contributed by atoms with Crippen LogP contribution in [0.1, 0.15) is 73.1 Å². The number of alkyl halides is 3. The SMILES string of the molecule is CC(C)NC(=O)[C@H]1CCC[C@H]1CCCc1nc(Nc2ccc(C(=O)OCc3ccccc3)cc2)ncc1C(F)(F)F. The smallest absolute Gasteiger partial charge is 0.419 e. The van der Waals surface area contributed by atoms with E-state index >= 15 is 0 Å². The number of nitrogens with one attached hydrogen (secondary N) is 2. The van der Waals surface area contributed by atoms with Gasteiger partial charge in [0.15, 0.2) is 0 Å². The number of carbonyl (C=O) groups is 2. The Kier molecular flexibility index (Phi) is 9.96. The highest BCUT2D eigenvalue weighted by atomic mass is 19.4. The van der Waals surface area contributed by atoms with Crippen molar-refractivity contribution in [3.8, 4) is 0 Å². The van der Waals surface area contributed by atoms with Crippen LogP contribution in [0.2, 0.25) is 0 Å². The summed E-state index contributed by atoms with van der Waals surface area (Å²) >= 11 is 0. The predicted octanol–water partition coefficient (Wildman–Crippen LogP) is 6.86. The zero-order chi connectivity index (χ0) is 29.4. The molecular formula is C31H35F3N4O3. The van der Waals surface area contributed by atoms with Crippen molar-refractivity contribution in [3.05, 3.63) is 83.2 Å². The fraction of sp³-hybridized carbons (Fsp3) is 0.419. The first-order valence-corrected chi connectivity index (χ1v) is 13.9. The van der Waals surface area contributed by atoms with Crippen molar-refractivity contribution in [2.24, 2.45) is 11.8 Å². The Morgan fingerprint density at radius 1 is 1.05 bits per heavy atom. The highest BCUT2D eigenvalue weighted by Crippen LogP contribution is 2.37. The Hall–Kier alpha value is -3.95. The number of hydrogen-bond donors (Lipinski definition) is 2. The molecule has 1 amide bonds. The Balaban J connectivity index is 1.37. The minimum atomic E-state index is -4.58. The Labute approximate surface area is 237 Å². The average molecular weight is 569 g/mol. The highest BCUT2D eigenvalue weighted by Gasteiger charge is 2.36. The molecule has 7 nitrogen and oxygen atoms in total. The average Bonchev–Trinajstić information content (AvgIpc) is 3.41. The molecular weight excluding hydrogens is 533 g/mol. The molecule has 0 bridgehead atoms. The number of amides is 1. The van der Waals surface area contributed by atoms with E-state index in [1.807, 2.05) is 44.2 Å². The van der Waals surface area contributed by atoms with Crippen LogP contribution in [-0.2, 0) is 28.7 Å². The van der Waals surface area contributed by atoms with Crippen molar-refractivity contribution in [2.45, 2.75) is 71.2 Å². The quantitative estimate of drug-likeness (QED) is 0.246. The molecule has 2 atom stereocenters. The Morgan fingerprint density at radius 2 is 1.78 bits per heavy atom. The van der Waals surface area contributed by atoms with Crippen LogP contribution in [0.15, 0.2) is 60.8 Å². The number of carbonyl (C=O) groups excluding carboxylic acids is 2. The molecule has 2 N–H and O–H groups in total. The van der Waals surface area contributed by atoms with E-state index in [4.69, 9.17) is 4.74 Å². The van der Waals surface area contributed by atoms with Gasteiger partial charge in [-0.15, -0.1) is 0 Å². The van der Waals surface area contributed by atoms with Gasteiger partial charge in [0.05, 0.1) is 16.8 Å². The number of nitrogens with zero attached hydrogens (tertiary/aromatic N) is 2. The first-order chi connectivity index (χ1) is 19.6. The van der Waals surface area contributed by atoms with Crippen LogP contribution in [0.3, 0.4) is 0 Å². The summed E-state index contributed by atoms with van der Waals surface area (Å²) in [5.74, 6) is -0.370. The summed E-state index contributed by atoms with van der Waals surface area (Å²) in [7, 11) is 0. The summed E-state index contributed by atoms with van der Waals surface area (Å²) in [6.07, 6.45) is 0.123. The molecule has 0 radical (unpaired) electrons. The van der Waals surface area contributed by atoms with Gasteiger partial charge in [-0.05, 0) is 81.7 Å². The number of rotatable bonds is 11. The normalized spacial score (nSPS) is 16.9. The zero-order valence-corrected chi connectivity index (χ0v) is 23.2. The number of esters is 1. The minimum Gasteiger partial charge on any atom is -0.457 e. The fourth-order valence-electron chi connectivity index (χ4n) is 5.18. The van der Waals surface area contributed by atoms with Gasteiger partial charge in [-0.1, -0.05) is 36.8 Å². The van der Waals surface area contributed by atoms with Gasteiger partial charge in [-0.25, -0.2) is 14.8 Å². The molecule has 41 heavy (non-hydrogen) atoms. The maximum Gasteiger partial charge on any atom is 0.419 e. The number of aromatic nitrogens is 2. The van der Waals surface area contributed by atoms with E-state index in [0.29, 0.717) is 24.1 Å². The third kappa shape index (κ3) is 8.52. The summed E-state index contributed by atoms with van der Waals surface area (Å²) in [5, 5.41) is 5.89. The van der Waals surface area contributed by atoms with Crippen LogP contribution in [0.5, 0.6) is 0 Å². The monoisotopic (exact) mass is 568 g/mol. The third-order valence-corrected chi connectivity index (χ3v) is 7.18. The lowest BCUT2D eigenvalue weighted by molar-refractivity contribution is -0.138. The van der Waals surface area contributed by atoms with Gasteiger partial charge in [-0.2, -0.15) is 13.2 Å². The molecule has 4 rings (SSSR count). The van der Waals surface area contributed by atoms with Crippen molar-refractivity contribution in [1.82, 2.24) is 15.3 Å². The van der Waals surface area contributed by atoms with Crippen LogP contribution in [0.25, 0.3) is 0 Å². The molecule has 1 aliphatic carbocycles. The summed E-state index contributed by atoms with van der Waals surface area (Å²) < 4.78 is 46.5. The molecule has 10 heteroatoms. The van der Waals surface area contributed by atoms with Crippen LogP contribution >= 0.6 is 0 Å². The molecule has 1 fully saturated rings. The van der Waals surface area contributed by atoms with E-state index in [-0.39, 0.29) is 48.5 Å². The van der Waals surface area contributed by atoms with E-state index in [1.54, 1.807) is 24.3 Å². The summed E-state index contributed by atoms with van der Waals surface area (Å²) in [5.41, 5.74) is 0.777.